The van der Waals surface area contributed by atoms with Crippen molar-refractivity contribution >= 4 is 33.3 Å². The number of nitrogens with zero attached hydrogens (tertiary/aromatic N) is 1. The van der Waals surface area contributed by atoms with E-state index in [0.29, 0.717) is 0 Å². The summed E-state index contributed by atoms with van der Waals surface area (Å²) in [6.45, 7) is 1.27. The number of hydrogen-bond donors (Lipinski definition) is 1. The molecule has 0 bridgehead atoms. The lowest BCUT2D eigenvalue weighted by atomic mass is 10.3. The van der Waals surface area contributed by atoms with Gasteiger partial charge in [-0.3, -0.25) is 14.9 Å². The van der Waals surface area contributed by atoms with E-state index in [2.05, 4.69) is 4.74 Å². The highest BCUT2D eigenvalue weighted by molar-refractivity contribution is 7.89. The Balaban J connectivity index is 3.18. The zero-order valence-corrected chi connectivity index (χ0v) is 12.1. The number of non-ortho nitro benzene ring substituents is 1. The van der Waals surface area contributed by atoms with Gasteiger partial charge in [0.2, 0.25) is 10.0 Å². The van der Waals surface area contributed by atoms with Gasteiger partial charge in [0, 0.05) is 12.1 Å². The zero-order valence-electron chi connectivity index (χ0n) is 10.5. The first kappa shape index (κ1) is 16.3. The molecule has 0 fully saturated rings. The second-order valence-corrected chi connectivity index (χ2v) is 5.83. The highest BCUT2D eigenvalue weighted by Crippen LogP contribution is 2.26. The van der Waals surface area contributed by atoms with Crippen LogP contribution >= 0.6 is 11.6 Å². The second kappa shape index (κ2) is 6.16. The van der Waals surface area contributed by atoms with E-state index in [4.69, 9.17) is 11.6 Å². The van der Waals surface area contributed by atoms with Crippen LogP contribution < -0.4 is 4.72 Å². The maximum absolute atomic E-state index is 12.0. The minimum atomic E-state index is -4.19. The molecule has 10 heteroatoms. The highest BCUT2D eigenvalue weighted by Gasteiger charge is 2.26. The van der Waals surface area contributed by atoms with Crippen molar-refractivity contribution in [2.75, 3.05) is 7.11 Å². The molecule has 0 aliphatic carbocycles. The smallest absolute Gasteiger partial charge is 0.323 e. The van der Waals surface area contributed by atoms with Crippen molar-refractivity contribution in [3.8, 4) is 0 Å². The Morgan fingerprint density at radius 3 is 2.60 bits per heavy atom. The van der Waals surface area contributed by atoms with Gasteiger partial charge >= 0.3 is 5.97 Å². The fraction of sp³-hybridized carbons (Fsp3) is 0.300. The number of rotatable bonds is 5. The first-order valence-corrected chi connectivity index (χ1v) is 7.09. The Morgan fingerprint density at radius 1 is 1.50 bits per heavy atom. The molecule has 1 aromatic rings. The number of ether oxygens (including phenoxy) is 1. The van der Waals surface area contributed by atoms with Gasteiger partial charge < -0.3 is 4.74 Å². The molecule has 8 nitrogen and oxygen atoms in total. The molecule has 0 saturated carbocycles. The molecular formula is C10H11ClN2O6S. The predicted octanol–water partition coefficient (Wildman–Crippen LogP) is 1.09. The van der Waals surface area contributed by atoms with Gasteiger partial charge in [-0.2, -0.15) is 4.72 Å². The number of hydrogen-bond acceptors (Lipinski definition) is 6. The summed E-state index contributed by atoms with van der Waals surface area (Å²) in [7, 11) is -3.08. The number of sulfonamides is 1. The van der Waals surface area contributed by atoms with Gasteiger partial charge in [0.1, 0.15) is 10.9 Å². The van der Waals surface area contributed by atoms with Gasteiger partial charge in [-0.25, -0.2) is 8.42 Å². The number of benzene rings is 1. The highest BCUT2D eigenvalue weighted by atomic mass is 35.5. The lowest BCUT2D eigenvalue weighted by Gasteiger charge is -2.12. The molecule has 0 radical (unpaired) electrons. The largest absolute Gasteiger partial charge is 0.468 e. The first-order chi connectivity index (χ1) is 9.19. The van der Waals surface area contributed by atoms with E-state index in [9.17, 15) is 23.3 Å². The van der Waals surface area contributed by atoms with Gasteiger partial charge in [0.25, 0.3) is 5.69 Å². The molecule has 0 aromatic heterocycles. The van der Waals surface area contributed by atoms with Crippen molar-refractivity contribution in [1.82, 2.24) is 4.72 Å². The molecule has 1 rings (SSSR count). The van der Waals surface area contributed by atoms with Crippen LogP contribution in [0.1, 0.15) is 6.92 Å². The van der Waals surface area contributed by atoms with Crippen molar-refractivity contribution < 1.29 is 22.9 Å². The van der Waals surface area contributed by atoms with E-state index in [1.54, 1.807) is 0 Å². The zero-order chi connectivity index (χ0) is 15.5. The van der Waals surface area contributed by atoms with Gasteiger partial charge in [0.15, 0.2) is 0 Å². The van der Waals surface area contributed by atoms with E-state index < -0.39 is 37.5 Å². The summed E-state index contributed by atoms with van der Waals surface area (Å²) in [5.41, 5.74) is -0.430. The Kier molecular flexibility index (Phi) is 5.03. The van der Waals surface area contributed by atoms with Crippen molar-refractivity contribution in [2.24, 2.45) is 0 Å². The molecule has 0 saturated heterocycles. The maximum atomic E-state index is 12.0. The molecule has 1 aromatic carbocycles. The maximum Gasteiger partial charge on any atom is 0.323 e. The number of nitro groups is 1. The summed E-state index contributed by atoms with van der Waals surface area (Å²) in [4.78, 5) is 20.6. The van der Waals surface area contributed by atoms with E-state index in [-0.39, 0.29) is 5.02 Å². The quantitative estimate of drug-likeness (QED) is 0.493. The van der Waals surface area contributed by atoms with E-state index in [1.165, 1.54) is 6.92 Å². The van der Waals surface area contributed by atoms with Gasteiger partial charge in [-0.15, -0.1) is 0 Å². The van der Waals surface area contributed by atoms with E-state index in [1.807, 2.05) is 4.72 Å². The fourth-order valence-corrected chi connectivity index (χ4v) is 3.04. The van der Waals surface area contributed by atoms with E-state index in [0.717, 1.165) is 25.3 Å². The third-order valence-electron chi connectivity index (χ3n) is 2.30. The topological polar surface area (TPSA) is 116 Å². The number of methoxy groups -OCH3 is 1. The molecule has 20 heavy (non-hydrogen) atoms. The Bertz CT molecular complexity index is 645. The summed E-state index contributed by atoms with van der Waals surface area (Å²) in [6, 6.07) is 1.83. The Hall–Kier alpha value is -1.71. The molecule has 0 spiro atoms. The number of halogens is 1. The summed E-state index contributed by atoms with van der Waals surface area (Å²) in [5, 5.41) is 10.4. The van der Waals surface area contributed by atoms with Crippen LogP contribution in [0.15, 0.2) is 23.1 Å². The minimum Gasteiger partial charge on any atom is -0.468 e. The van der Waals surface area contributed by atoms with Crippen molar-refractivity contribution in [3.63, 3.8) is 0 Å². The third-order valence-corrected chi connectivity index (χ3v) is 4.32. The average Bonchev–Trinajstić information content (AvgIpc) is 2.37. The number of nitro benzene ring substituents is 1. The van der Waals surface area contributed by atoms with E-state index >= 15 is 0 Å². The number of carbonyl (C=O) groups excluding carboxylic acids is 1. The number of carbonyl (C=O) groups is 1. The van der Waals surface area contributed by atoms with Crippen LogP contribution in [0.4, 0.5) is 5.69 Å². The minimum absolute atomic E-state index is 0.194. The lowest BCUT2D eigenvalue weighted by molar-refractivity contribution is -0.385. The van der Waals surface area contributed by atoms with Crippen LogP contribution in [0.25, 0.3) is 0 Å². The van der Waals surface area contributed by atoms with Gasteiger partial charge in [-0.1, -0.05) is 11.6 Å². The molecule has 1 unspecified atom stereocenters. The van der Waals surface area contributed by atoms with Crippen molar-refractivity contribution in [3.05, 3.63) is 33.3 Å². The average molecular weight is 323 g/mol. The molecular weight excluding hydrogens is 312 g/mol. The lowest BCUT2D eigenvalue weighted by Crippen LogP contribution is -2.39. The number of nitrogens with one attached hydrogen (secondary N) is 1. The van der Waals surface area contributed by atoms with Crippen molar-refractivity contribution in [2.45, 2.75) is 17.9 Å². The summed E-state index contributed by atoms with van der Waals surface area (Å²) >= 11 is 5.72. The van der Waals surface area contributed by atoms with Crippen LogP contribution in [-0.4, -0.2) is 32.5 Å². The summed E-state index contributed by atoms with van der Waals surface area (Å²) < 4.78 is 30.5. The fourth-order valence-electron chi connectivity index (χ4n) is 1.33. The van der Waals surface area contributed by atoms with Crippen LogP contribution in [0, 0.1) is 10.1 Å². The SMILES string of the molecule is COC(=O)C(C)NS(=O)(=O)c1cc([N+](=O)[O-])ccc1Cl. The van der Waals surface area contributed by atoms with Crippen LogP contribution in [0.3, 0.4) is 0 Å². The first-order valence-electron chi connectivity index (χ1n) is 5.23. The van der Waals surface area contributed by atoms with Gasteiger partial charge in [0.05, 0.1) is 17.1 Å². The van der Waals surface area contributed by atoms with Crippen LogP contribution in [-0.2, 0) is 19.6 Å². The Morgan fingerprint density at radius 2 is 2.10 bits per heavy atom. The second-order valence-electron chi connectivity index (χ2n) is 3.74. The predicted molar refractivity (Wildman–Crippen MR) is 69.9 cm³/mol. The molecule has 0 aliphatic rings. The molecule has 1 N–H and O–H groups in total. The van der Waals surface area contributed by atoms with Crippen LogP contribution in [0.2, 0.25) is 5.02 Å². The Labute approximate surface area is 119 Å². The normalized spacial score (nSPS) is 12.8. The van der Waals surface area contributed by atoms with Crippen LogP contribution in [0.5, 0.6) is 0 Å². The molecule has 110 valence electrons. The summed E-state index contributed by atoms with van der Waals surface area (Å²) in [5.74, 6) is -0.796. The third kappa shape index (κ3) is 3.65. The molecule has 0 aliphatic heterocycles. The number of esters is 1. The molecule has 1 atom stereocenters. The van der Waals surface area contributed by atoms with Gasteiger partial charge in [-0.05, 0) is 13.0 Å². The molecule has 0 amide bonds. The van der Waals surface area contributed by atoms with Crippen molar-refractivity contribution in [1.29, 1.82) is 0 Å². The summed E-state index contributed by atoms with van der Waals surface area (Å²) in [6.07, 6.45) is 0. The molecule has 0 heterocycles. The monoisotopic (exact) mass is 322 g/mol. The standard InChI is InChI=1S/C10H11ClN2O6S/c1-6(10(14)19-2)12-20(17,18)9-5-7(13(15)16)3-4-8(9)11/h3-6,12H,1-2H3.